The summed E-state index contributed by atoms with van der Waals surface area (Å²) in [4.78, 5) is 13.1. The highest BCUT2D eigenvalue weighted by atomic mass is 16.1. The van der Waals surface area contributed by atoms with E-state index in [0.29, 0.717) is 0 Å². The molecule has 1 aliphatic rings. The first-order valence-electron chi connectivity index (χ1n) is 6.29. The number of carbonyl (C=O) groups is 1. The number of rotatable bonds is 2. The number of carbonyl (C=O) groups excluding carboxylic acids is 1. The molecule has 2 aromatic rings. The Hall–Kier alpha value is -1.97. The summed E-state index contributed by atoms with van der Waals surface area (Å²) in [5.74, 6) is 0.224. The molecule has 0 N–H and O–H groups in total. The Morgan fingerprint density at radius 3 is 2.78 bits per heavy atom. The molecule has 0 aliphatic carbocycles. The van der Waals surface area contributed by atoms with Crippen molar-refractivity contribution in [3.8, 4) is 0 Å². The SMILES string of the molecule is O=CC1CCN(c2cnnc3ccccc23)CC1. The van der Waals surface area contributed by atoms with Crippen molar-refractivity contribution in [2.24, 2.45) is 5.92 Å². The van der Waals surface area contributed by atoms with E-state index >= 15 is 0 Å². The predicted molar refractivity (Wildman–Crippen MR) is 70.5 cm³/mol. The Morgan fingerprint density at radius 1 is 1.22 bits per heavy atom. The topological polar surface area (TPSA) is 46.1 Å². The molecule has 92 valence electrons. The van der Waals surface area contributed by atoms with E-state index in [9.17, 15) is 4.79 Å². The molecule has 2 heterocycles. The number of aromatic nitrogens is 2. The molecule has 0 radical (unpaired) electrons. The van der Waals surface area contributed by atoms with E-state index in [0.717, 1.165) is 48.8 Å². The standard InChI is InChI=1S/C14H15N3O/c18-10-11-5-7-17(8-6-11)14-9-15-16-13-4-2-1-3-12(13)14/h1-4,9-11H,5-8H2. The summed E-state index contributed by atoms with van der Waals surface area (Å²) in [6, 6.07) is 8.04. The molecule has 0 saturated carbocycles. The van der Waals surface area contributed by atoms with Crippen LogP contribution in [0.4, 0.5) is 5.69 Å². The summed E-state index contributed by atoms with van der Waals surface area (Å²) >= 11 is 0. The predicted octanol–water partition coefficient (Wildman–Crippen LogP) is 2.05. The van der Waals surface area contributed by atoms with Crippen molar-refractivity contribution < 1.29 is 4.79 Å². The van der Waals surface area contributed by atoms with Gasteiger partial charge in [0.25, 0.3) is 0 Å². The average Bonchev–Trinajstić information content (AvgIpc) is 2.47. The molecule has 18 heavy (non-hydrogen) atoms. The van der Waals surface area contributed by atoms with Crippen molar-refractivity contribution in [1.82, 2.24) is 10.2 Å². The van der Waals surface area contributed by atoms with E-state index < -0.39 is 0 Å². The lowest BCUT2D eigenvalue weighted by Crippen LogP contribution is -2.34. The van der Waals surface area contributed by atoms with Crippen LogP contribution in [0.5, 0.6) is 0 Å². The van der Waals surface area contributed by atoms with Crippen LogP contribution in [0.3, 0.4) is 0 Å². The maximum Gasteiger partial charge on any atom is 0.123 e. The van der Waals surface area contributed by atoms with E-state index in [2.05, 4.69) is 21.2 Å². The molecule has 1 aromatic carbocycles. The Kier molecular flexibility index (Phi) is 2.92. The second-order valence-corrected chi connectivity index (χ2v) is 4.71. The number of benzene rings is 1. The lowest BCUT2D eigenvalue weighted by molar-refractivity contribution is -0.111. The van der Waals surface area contributed by atoms with Gasteiger partial charge in [0, 0.05) is 24.4 Å². The number of hydrogen-bond donors (Lipinski definition) is 0. The van der Waals surface area contributed by atoms with Gasteiger partial charge in [-0.1, -0.05) is 18.2 Å². The number of hydrogen-bond acceptors (Lipinski definition) is 4. The molecule has 1 fully saturated rings. The highest BCUT2D eigenvalue weighted by molar-refractivity contribution is 5.90. The molecule has 1 saturated heterocycles. The zero-order valence-electron chi connectivity index (χ0n) is 10.1. The van der Waals surface area contributed by atoms with Crippen LogP contribution in [0.25, 0.3) is 10.9 Å². The normalized spacial score (nSPS) is 17.0. The van der Waals surface area contributed by atoms with Crippen molar-refractivity contribution in [3.63, 3.8) is 0 Å². The van der Waals surface area contributed by atoms with E-state index in [1.165, 1.54) is 0 Å². The Balaban J connectivity index is 1.93. The zero-order valence-corrected chi connectivity index (χ0v) is 10.1. The second kappa shape index (κ2) is 4.72. The summed E-state index contributed by atoms with van der Waals surface area (Å²) in [5, 5.41) is 9.34. The van der Waals surface area contributed by atoms with Crippen molar-refractivity contribution >= 4 is 22.9 Å². The van der Waals surface area contributed by atoms with Crippen LogP contribution in [-0.4, -0.2) is 29.6 Å². The monoisotopic (exact) mass is 241 g/mol. The van der Waals surface area contributed by atoms with E-state index in [1.807, 2.05) is 24.4 Å². The van der Waals surface area contributed by atoms with Crippen molar-refractivity contribution in [2.75, 3.05) is 18.0 Å². The highest BCUT2D eigenvalue weighted by Gasteiger charge is 2.20. The maximum atomic E-state index is 10.8. The van der Waals surface area contributed by atoms with E-state index in [1.54, 1.807) is 0 Å². The largest absolute Gasteiger partial charge is 0.370 e. The molecular formula is C14H15N3O. The lowest BCUT2D eigenvalue weighted by Gasteiger charge is -2.31. The average molecular weight is 241 g/mol. The van der Waals surface area contributed by atoms with Gasteiger partial charge in [-0.15, -0.1) is 0 Å². The Bertz CT molecular complexity index is 556. The van der Waals surface area contributed by atoms with Gasteiger partial charge >= 0.3 is 0 Å². The molecule has 1 aromatic heterocycles. The molecule has 1 aliphatic heterocycles. The Morgan fingerprint density at radius 2 is 2.00 bits per heavy atom. The summed E-state index contributed by atoms with van der Waals surface area (Å²) in [6.07, 6.45) is 4.77. The minimum Gasteiger partial charge on any atom is -0.370 e. The highest BCUT2D eigenvalue weighted by Crippen LogP contribution is 2.27. The number of fused-ring (bicyclic) bond motifs is 1. The molecular weight excluding hydrogens is 226 g/mol. The minimum atomic E-state index is 0.224. The van der Waals surface area contributed by atoms with Gasteiger partial charge < -0.3 is 9.69 Å². The molecule has 0 bridgehead atoms. The fourth-order valence-corrected chi connectivity index (χ4v) is 2.52. The molecule has 0 spiro atoms. The summed E-state index contributed by atoms with van der Waals surface area (Å²) in [7, 11) is 0. The first-order chi connectivity index (χ1) is 8.88. The fraction of sp³-hybridized carbons (Fsp3) is 0.357. The summed E-state index contributed by atoms with van der Waals surface area (Å²) in [6.45, 7) is 1.83. The van der Waals surface area contributed by atoms with Gasteiger partial charge in [0.2, 0.25) is 0 Å². The number of piperidine rings is 1. The third kappa shape index (κ3) is 1.94. The van der Waals surface area contributed by atoms with Gasteiger partial charge in [-0.25, -0.2) is 0 Å². The Labute approximate surface area is 106 Å². The van der Waals surface area contributed by atoms with Gasteiger partial charge in [0.15, 0.2) is 0 Å². The van der Waals surface area contributed by atoms with Crippen molar-refractivity contribution in [3.05, 3.63) is 30.5 Å². The van der Waals surface area contributed by atoms with Crippen LogP contribution < -0.4 is 4.90 Å². The van der Waals surface area contributed by atoms with Crippen molar-refractivity contribution in [2.45, 2.75) is 12.8 Å². The summed E-state index contributed by atoms with van der Waals surface area (Å²) < 4.78 is 0. The minimum absolute atomic E-state index is 0.224. The van der Waals surface area contributed by atoms with E-state index in [-0.39, 0.29) is 5.92 Å². The van der Waals surface area contributed by atoms with E-state index in [4.69, 9.17) is 0 Å². The lowest BCUT2D eigenvalue weighted by atomic mass is 9.98. The molecule has 4 nitrogen and oxygen atoms in total. The molecule has 0 atom stereocenters. The molecule has 4 heteroatoms. The maximum absolute atomic E-state index is 10.8. The van der Waals surface area contributed by atoms with Crippen LogP contribution in [0.1, 0.15) is 12.8 Å². The number of nitrogens with zero attached hydrogens (tertiary/aromatic N) is 3. The van der Waals surface area contributed by atoms with Crippen LogP contribution >= 0.6 is 0 Å². The van der Waals surface area contributed by atoms with Crippen molar-refractivity contribution in [1.29, 1.82) is 0 Å². The smallest absolute Gasteiger partial charge is 0.123 e. The van der Waals surface area contributed by atoms with Gasteiger partial charge in [-0.05, 0) is 18.9 Å². The number of anilines is 1. The third-order valence-corrected chi connectivity index (χ3v) is 3.60. The third-order valence-electron chi connectivity index (χ3n) is 3.60. The second-order valence-electron chi connectivity index (χ2n) is 4.71. The molecule has 0 unspecified atom stereocenters. The number of aldehydes is 1. The van der Waals surface area contributed by atoms with Gasteiger partial charge in [0.1, 0.15) is 6.29 Å². The molecule has 0 amide bonds. The van der Waals surface area contributed by atoms with Gasteiger partial charge in [0.05, 0.1) is 17.4 Å². The van der Waals surface area contributed by atoms with Crippen LogP contribution in [0.15, 0.2) is 30.5 Å². The first-order valence-corrected chi connectivity index (χ1v) is 6.29. The fourth-order valence-electron chi connectivity index (χ4n) is 2.52. The van der Waals surface area contributed by atoms with Crippen LogP contribution in [0, 0.1) is 5.92 Å². The van der Waals surface area contributed by atoms with Crippen LogP contribution in [-0.2, 0) is 4.79 Å². The summed E-state index contributed by atoms with van der Waals surface area (Å²) in [5.41, 5.74) is 2.05. The molecule has 3 rings (SSSR count). The van der Waals surface area contributed by atoms with Gasteiger partial charge in [-0.2, -0.15) is 10.2 Å². The van der Waals surface area contributed by atoms with Gasteiger partial charge in [-0.3, -0.25) is 0 Å². The zero-order chi connectivity index (χ0) is 12.4. The first kappa shape index (κ1) is 11.1. The quantitative estimate of drug-likeness (QED) is 0.755. The van der Waals surface area contributed by atoms with Crippen LogP contribution in [0.2, 0.25) is 0 Å².